The zero-order valence-electron chi connectivity index (χ0n) is 4.16. The van der Waals surface area contributed by atoms with Crippen molar-refractivity contribution in [2.45, 2.75) is 0 Å². The minimum atomic E-state index is -2.33. The summed E-state index contributed by atoms with van der Waals surface area (Å²) in [5, 5.41) is 0. The average Bonchev–Trinajstić information content (AvgIpc) is 1.66. The van der Waals surface area contributed by atoms with Gasteiger partial charge in [0.25, 0.3) is 7.23 Å². The second-order valence-electron chi connectivity index (χ2n) is 0.922. The molecule has 0 aliphatic rings. The van der Waals surface area contributed by atoms with Crippen LogP contribution in [-0.4, -0.2) is 10.6 Å². The highest BCUT2D eigenvalue weighted by molar-refractivity contribution is 8.96. The molecule has 0 bridgehead atoms. The van der Waals surface area contributed by atoms with Gasteiger partial charge in [-0.3, -0.25) is 4.57 Å². The molecule has 0 rings (SSSR count). The molecule has 2 nitrogen and oxygen atoms in total. The molecule has 1 N–H and O–H groups in total. The van der Waals surface area contributed by atoms with Gasteiger partial charge in [-0.15, -0.1) is 6.58 Å². The summed E-state index contributed by atoms with van der Waals surface area (Å²) in [6.07, 6.45) is 1.70. The number of hydrogen-bond acceptors (Lipinski definition) is 3. The van der Waals surface area contributed by atoms with E-state index in [4.69, 9.17) is 4.89 Å². The molecule has 0 aromatic carbocycles. The van der Waals surface area contributed by atoms with E-state index in [0.717, 1.165) is 16.2 Å². The number of rotatable bonds is 4. The maximum Gasteiger partial charge on any atom is 0.254 e. The van der Waals surface area contributed by atoms with Crippen molar-refractivity contribution in [2.24, 2.45) is 0 Å². The van der Waals surface area contributed by atoms with Crippen molar-refractivity contribution in [1.82, 2.24) is 0 Å². The van der Waals surface area contributed by atoms with Gasteiger partial charge in [0.2, 0.25) is 0 Å². The van der Waals surface area contributed by atoms with Crippen molar-refractivity contribution in [3.05, 3.63) is 12.7 Å². The maximum absolute atomic E-state index is 9.97. The Bertz CT molecular complexity index is 95.3. The fourth-order valence-corrected chi connectivity index (χ4v) is 2.71. The van der Waals surface area contributed by atoms with Crippen LogP contribution in [0.1, 0.15) is 0 Å². The van der Waals surface area contributed by atoms with Crippen LogP contribution in [0.15, 0.2) is 12.7 Å². The van der Waals surface area contributed by atoms with E-state index in [1.165, 1.54) is 10.8 Å². The second kappa shape index (κ2) is 5.76. The molecule has 5 heteroatoms. The highest BCUT2D eigenvalue weighted by Gasteiger charge is 1.89. The molecule has 0 aromatic rings. The molecule has 0 aromatic heterocycles. The van der Waals surface area contributed by atoms with E-state index in [1.54, 1.807) is 6.08 Å². The van der Waals surface area contributed by atoms with Crippen LogP contribution < -0.4 is 0 Å². The van der Waals surface area contributed by atoms with Gasteiger partial charge in [0.15, 0.2) is 0 Å². The van der Waals surface area contributed by atoms with Crippen LogP contribution in [-0.2, 0) is 4.57 Å². The molecule has 0 aliphatic heterocycles. The van der Waals surface area contributed by atoms with Gasteiger partial charge in [-0.2, -0.15) is 0 Å². The zero-order valence-corrected chi connectivity index (χ0v) is 6.80. The first kappa shape index (κ1) is 8.63. The minimum absolute atomic E-state index is 0.724. The Balaban J connectivity index is 2.93. The third-order valence-electron chi connectivity index (χ3n) is 0.316. The van der Waals surface area contributed by atoms with E-state index in [0.29, 0.717) is 0 Å². The maximum atomic E-state index is 9.97. The van der Waals surface area contributed by atoms with Crippen molar-refractivity contribution in [3.8, 4) is 0 Å². The van der Waals surface area contributed by atoms with E-state index in [1.807, 2.05) is 0 Å². The minimum Gasteiger partial charge on any atom is -0.338 e. The van der Waals surface area contributed by atoms with Gasteiger partial charge < -0.3 is 4.89 Å². The van der Waals surface area contributed by atoms with Gasteiger partial charge >= 0.3 is 0 Å². The molecule has 0 radical (unpaired) electrons. The summed E-state index contributed by atoms with van der Waals surface area (Å²) in [4.78, 5) is 8.23. The van der Waals surface area contributed by atoms with Gasteiger partial charge in [0, 0.05) is 5.75 Å². The molecule has 0 aliphatic carbocycles. The van der Waals surface area contributed by atoms with Crippen LogP contribution in [0.5, 0.6) is 0 Å². The summed E-state index contributed by atoms with van der Waals surface area (Å²) in [7, 11) is 0.0206. The third kappa shape index (κ3) is 6.63. The molecule has 0 saturated carbocycles. The van der Waals surface area contributed by atoms with E-state index in [-0.39, 0.29) is 0 Å². The molecule has 48 valence electrons. The molecule has 0 heterocycles. The highest BCUT2D eigenvalue weighted by Crippen LogP contribution is 2.42. The summed E-state index contributed by atoms with van der Waals surface area (Å²) < 4.78 is 9.97. The molecule has 8 heavy (non-hydrogen) atoms. The zero-order chi connectivity index (χ0) is 6.41. The standard InChI is InChI=1S/C3H7O2PS2/c1-2-3-7-8-6(4)5/h2,6H,1,3H2,(H,4,5). The highest BCUT2D eigenvalue weighted by atomic mass is 33.3. The van der Waals surface area contributed by atoms with E-state index in [9.17, 15) is 4.57 Å². The first-order valence-electron chi connectivity index (χ1n) is 1.90. The quantitative estimate of drug-likeness (QED) is 0.303. The van der Waals surface area contributed by atoms with E-state index in [2.05, 4.69) is 6.58 Å². The molecule has 0 fully saturated rings. The van der Waals surface area contributed by atoms with E-state index >= 15 is 0 Å². The predicted octanol–water partition coefficient (Wildman–Crippen LogP) is 1.94. The normalized spacial score (nSPS) is 13.1. The molecule has 1 atom stereocenters. The molecule has 0 spiro atoms. The predicted molar refractivity (Wildman–Crippen MR) is 41.5 cm³/mol. The first-order valence-corrected chi connectivity index (χ1v) is 6.30. The summed E-state index contributed by atoms with van der Waals surface area (Å²) in [5.41, 5.74) is 0. The van der Waals surface area contributed by atoms with Crippen molar-refractivity contribution < 1.29 is 9.46 Å². The van der Waals surface area contributed by atoms with Gasteiger partial charge in [0.1, 0.15) is 0 Å². The van der Waals surface area contributed by atoms with Crippen LogP contribution in [0.25, 0.3) is 0 Å². The Kier molecular flexibility index (Phi) is 6.21. The van der Waals surface area contributed by atoms with E-state index < -0.39 is 7.23 Å². The van der Waals surface area contributed by atoms with Gasteiger partial charge in [0.05, 0.1) is 0 Å². The Morgan fingerprint density at radius 3 is 2.88 bits per heavy atom. The number of hydrogen-bond donors (Lipinski definition) is 1. The molecule has 0 amide bonds. The van der Waals surface area contributed by atoms with Crippen molar-refractivity contribution in [1.29, 1.82) is 0 Å². The molecule has 1 unspecified atom stereocenters. The van der Waals surface area contributed by atoms with Crippen LogP contribution in [0.3, 0.4) is 0 Å². The topological polar surface area (TPSA) is 37.3 Å². The Morgan fingerprint density at radius 2 is 2.50 bits per heavy atom. The lowest BCUT2D eigenvalue weighted by Gasteiger charge is -1.87. The lowest BCUT2D eigenvalue weighted by molar-refractivity contribution is 0.520. The fourth-order valence-electron chi connectivity index (χ4n) is 0.133. The van der Waals surface area contributed by atoms with Crippen molar-refractivity contribution in [2.75, 3.05) is 5.75 Å². The third-order valence-corrected chi connectivity index (χ3v) is 4.48. The molecule has 0 saturated heterocycles. The molecular weight excluding hydrogens is 163 g/mol. The largest absolute Gasteiger partial charge is 0.338 e. The van der Waals surface area contributed by atoms with Gasteiger partial charge in [-0.25, -0.2) is 0 Å². The van der Waals surface area contributed by atoms with Crippen molar-refractivity contribution in [3.63, 3.8) is 0 Å². The van der Waals surface area contributed by atoms with Crippen LogP contribution in [0.4, 0.5) is 0 Å². The smallest absolute Gasteiger partial charge is 0.254 e. The summed E-state index contributed by atoms with van der Waals surface area (Å²) in [6.45, 7) is 3.45. The van der Waals surface area contributed by atoms with Crippen LogP contribution >= 0.6 is 28.4 Å². The fraction of sp³-hybridized carbons (Fsp3) is 0.333. The second-order valence-corrected chi connectivity index (χ2v) is 5.94. The van der Waals surface area contributed by atoms with Gasteiger partial charge in [-0.05, 0) is 10.4 Å². The van der Waals surface area contributed by atoms with Crippen LogP contribution in [0, 0.1) is 0 Å². The Labute approximate surface area is 56.8 Å². The molecular formula is C3H7O2PS2. The average molecular weight is 170 g/mol. The first-order chi connectivity index (χ1) is 3.77. The Hall–Kier alpha value is 0.630. The lowest BCUT2D eigenvalue weighted by Crippen LogP contribution is -1.56. The van der Waals surface area contributed by atoms with Gasteiger partial charge in [-0.1, -0.05) is 16.9 Å². The summed E-state index contributed by atoms with van der Waals surface area (Å²) in [5.74, 6) is 0.724. The Morgan fingerprint density at radius 1 is 1.88 bits per heavy atom. The summed E-state index contributed by atoms with van der Waals surface area (Å²) >= 11 is 0. The van der Waals surface area contributed by atoms with Crippen molar-refractivity contribution >= 4 is 28.4 Å². The SMILES string of the molecule is C=CCSS[PH](=O)O. The van der Waals surface area contributed by atoms with Crippen LogP contribution in [0.2, 0.25) is 0 Å². The summed E-state index contributed by atoms with van der Waals surface area (Å²) in [6, 6.07) is 0. The lowest BCUT2D eigenvalue weighted by atomic mass is 10.8. The monoisotopic (exact) mass is 170 g/mol.